The Balaban J connectivity index is 1.54. The molecule has 0 aliphatic carbocycles. The molecule has 0 fully saturated rings. The lowest BCUT2D eigenvalue weighted by Crippen LogP contribution is -1.85. The molecular formula is C21H14N8. The maximum atomic E-state index is 4.83. The Bertz CT molecular complexity index is 1440. The Hall–Kier alpha value is -4.33. The standard InChI is InChI=1S/C21H14N8/c1-2-16-15(9-13(1)14-10-24-25-11-14)19(29-28-16)21-26-17-5-8-23-18(20(17)27-21)12-3-6-22-7-4-12/h1-11H,(H,24,25)(H,26,27)(H,28,29). The number of aromatic amines is 3. The third-order valence-corrected chi connectivity index (χ3v) is 4.97. The van der Waals surface area contributed by atoms with Gasteiger partial charge in [0, 0.05) is 41.3 Å². The molecule has 3 N–H and O–H groups in total. The van der Waals surface area contributed by atoms with Gasteiger partial charge < -0.3 is 4.98 Å². The number of nitrogens with one attached hydrogen (secondary N) is 3. The number of hydrogen-bond acceptors (Lipinski definition) is 5. The lowest BCUT2D eigenvalue weighted by molar-refractivity contribution is 1.09. The Morgan fingerprint density at radius 2 is 1.72 bits per heavy atom. The first-order valence-corrected chi connectivity index (χ1v) is 9.09. The number of imidazole rings is 1. The predicted octanol–water partition coefficient (Wildman–Crippen LogP) is 3.95. The largest absolute Gasteiger partial charge is 0.336 e. The number of fused-ring (bicyclic) bond motifs is 2. The second kappa shape index (κ2) is 6.10. The van der Waals surface area contributed by atoms with Crippen molar-refractivity contribution in [2.24, 2.45) is 0 Å². The lowest BCUT2D eigenvalue weighted by atomic mass is 10.1. The molecule has 5 heterocycles. The van der Waals surface area contributed by atoms with Crippen LogP contribution in [0, 0.1) is 0 Å². The van der Waals surface area contributed by atoms with Crippen molar-refractivity contribution < 1.29 is 0 Å². The fraction of sp³-hybridized carbons (Fsp3) is 0. The molecular weight excluding hydrogens is 364 g/mol. The van der Waals surface area contributed by atoms with E-state index in [1.807, 2.05) is 36.5 Å². The number of rotatable bonds is 3. The quantitative estimate of drug-likeness (QED) is 0.432. The van der Waals surface area contributed by atoms with Gasteiger partial charge in [0.1, 0.15) is 11.2 Å². The van der Waals surface area contributed by atoms with Gasteiger partial charge in [-0.15, -0.1) is 0 Å². The third-order valence-electron chi connectivity index (χ3n) is 4.97. The van der Waals surface area contributed by atoms with Crippen LogP contribution in [0.3, 0.4) is 0 Å². The van der Waals surface area contributed by atoms with Gasteiger partial charge in [0.2, 0.25) is 0 Å². The molecule has 0 atom stereocenters. The van der Waals surface area contributed by atoms with Gasteiger partial charge in [0.25, 0.3) is 0 Å². The highest BCUT2D eigenvalue weighted by molar-refractivity contribution is 5.97. The van der Waals surface area contributed by atoms with Gasteiger partial charge in [-0.3, -0.25) is 20.2 Å². The summed E-state index contributed by atoms with van der Waals surface area (Å²) in [5, 5.41) is 15.5. The molecule has 0 unspecified atom stereocenters. The lowest BCUT2D eigenvalue weighted by Gasteiger charge is -2.00. The zero-order valence-corrected chi connectivity index (χ0v) is 15.1. The van der Waals surface area contributed by atoms with Crippen LogP contribution >= 0.6 is 0 Å². The first kappa shape index (κ1) is 15.7. The Morgan fingerprint density at radius 3 is 2.59 bits per heavy atom. The molecule has 138 valence electrons. The highest BCUT2D eigenvalue weighted by atomic mass is 15.1. The maximum Gasteiger partial charge on any atom is 0.159 e. The van der Waals surface area contributed by atoms with Crippen LogP contribution in [0.5, 0.6) is 0 Å². The van der Waals surface area contributed by atoms with Crippen LogP contribution in [0.2, 0.25) is 0 Å². The fourth-order valence-corrected chi connectivity index (χ4v) is 3.55. The van der Waals surface area contributed by atoms with E-state index < -0.39 is 0 Å². The van der Waals surface area contributed by atoms with Gasteiger partial charge in [-0.1, -0.05) is 6.07 Å². The summed E-state index contributed by atoms with van der Waals surface area (Å²) in [6, 6.07) is 11.9. The van der Waals surface area contributed by atoms with Crippen molar-refractivity contribution in [1.82, 2.24) is 40.3 Å². The normalized spacial score (nSPS) is 11.4. The van der Waals surface area contributed by atoms with Crippen LogP contribution in [-0.2, 0) is 0 Å². The average molecular weight is 378 g/mol. The molecule has 8 nitrogen and oxygen atoms in total. The van der Waals surface area contributed by atoms with Crippen LogP contribution in [-0.4, -0.2) is 40.3 Å². The van der Waals surface area contributed by atoms with E-state index in [1.165, 1.54) is 0 Å². The predicted molar refractivity (Wildman–Crippen MR) is 110 cm³/mol. The van der Waals surface area contributed by atoms with E-state index in [9.17, 15) is 0 Å². The first-order chi connectivity index (χ1) is 14.4. The van der Waals surface area contributed by atoms with Crippen LogP contribution in [0.4, 0.5) is 0 Å². The molecule has 0 amide bonds. The summed E-state index contributed by atoms with van der Waals surface area (Å²) in [7, 11) is 0. The topological polar surface area (TPSA) is 112 Å². The molecule has 6 rings (SSSR count). The number of H-pyrrole nitrogens is 3. The smallest absolute Gasteiger partial charge is 0.159 e. The molecule has 8 heteroatoms. The molecule has 0 spiro atoms. The summed E-state index contributed by atoms with van der Waals surface area (Å²) >= 11 is 0. The Morgan fingerprint density at radius 1 is 0.793 bits per heavy atom. The van der Waals surface area contributed by atoms with E-state index in [0.29, 0.717) is 5.82 Å². The number of pyridine rings is 2. The molecule has 0 bridgehead atoms. The van der Waals surface area contributed by atoms with E-state index in [4.69, 9.17) is 4.98 Å². The van der Waals surface area contributed by atoms with Crippen molar-refractivity contribution >= 4 is 21.9 Å². The van der Waals surface area contributed by atoms with Crippen LogP contribution < -0.4 is 0 Å². The summed E-state index contributed by atoms with van der Waals surface area (Å²) in [6.07, 6.45) is 8.95. The molecule has 0 radical (unpaired) electrons. The van der Waals surface area contributed by atoms with E-state index in [1.54, 1.807) is 24.8 Å². The van der Waals surface area contributed by atoms with Crippen molar-refractivity contribution in [3.05, 3.63) is 67.4 Å². The Labute approximate surface area is 164 Å². The third kappa shape index (κ3) is 2.50. The monoisotopic (exact) mass is 378 g/mol. The van der Waals surface area contributed by atoms with Crippen molar-refractivity contribution in [3.63, 3.8) is 0 Å². The Kier molecular flexibility index (Phi) is 3.30. The molecule has 0 saturated carbocycles. The number of aromatic nitrogens is 8. The molecule has 0 aliphatic rings. The molecule has 0 saturated heterocycles. The molecule has 6 aromatic rings. The van der Waals surface area contributed by atoms with Crippen molar-refractivity contribution in [2.75, 3.05) is 0 Å². The van der Waals surface area contributed by atoms with Gasteiger partial charge in [0.15, 0.2) is 5.82 Å². The zero-order valence-electron chi connectivity index (χ0n) is 15.1. The minimum absolute atomic E-state index is 0.693. The summed E-state index contributed by atoms with van der Waals surface area (Å²) < 4.78 is 0. The number of benzene rings is 1. The SMILES string of the molecule is c1cc(-c2nccc3[nH]c(-c4n[nH]c5ccc(-c6cn[nH]c6)cc45)nc23)ccn1. The summed E-state index contributed by atoms with van der Waals surface area (Å²) in [4.78, 5) is 16.8. The second-order valence-corrected chi connectivity index (χ2v) is 6.70. The van der Waals surface area contributed by atoms with Crippen molar-refractivity contribution in [2.45, 2.75) is 0 Å². The highest BCUT2D eigenvalue weighted by Gasteiger charge is 2.16. The zero-order chi connectivity index (χ0) is 19.2. The molecule has 1 aromatic carbocycles. The number of nitrogens with zero attached hydrogens (tertiary/aromatic N) is 5. The minimum Gasteiger partial charge on any atom is -0.336 e. The van der Waals surface area contributed by atoms with Crippen LogP contribution in [0.25, 0.3) is 55.8 Å². The van der Waals surface area contributed by atoms with Crippen molar-refractivity contribution in [3.8, 4) is 33.9 Å². The highest BCUT2D eigenvalue weighted by Crippen LogP contribution is 2.31. The van der Waals surface area contributed by atoms with Gasteiger partial charge >= 0.3 is 0 Å². The van der Waals surface area contributed by atoms with Crippen LogP contribution in [0.1, 0.15) is 0 Å². The maximum absolute atomic E-state index is 4.83. The number of hydrogen-bond donors (Lipinski definition) is 3. The van der Waals surface area contributed by atoms with Crippen molar-refractivity contribution in [1.29, 1.82) is 0 Å². The molecule has 5 aromatic heterocycles. The second-order valence-electron chi connectivity index (χ2n) is 6.70. The van der Waals surface area contributed by atoms with E-state index >= 15 is 0 Å². The fourth-order valence-electron chi connectivity index (χ4n) is 3.55. The van der Waals surface area contributed by atoms with Crippen LogP contribution in [0.15, 0.2) is 67.4 Å². The summed E-state index contributed by atoms with van der Waals surface area (Å²) in [5.74, 6) is 0.693. The van der Waals surface area contributed by atoms with E-state index in [0.717, 1.165) is 50.0 Å². The van der Waals surface area contributed by atoms with Gasteiger partial charge in [-0.25, -0.2) is 4.98 Å². The first-order valence-electron chi connectivity index (χ1n) is 9.09. The van der Waals surface area contributed by atoms with E-state index in [-0.39, 0.29) is 0 Å². The summed E-state index contributed by atoms with van der Waals surface area (Å²) in [5.41, 5.74) is 7.28. The van der Waals surface area contributed by atoms with E-state index in [2.05, 4.69) is 41.4 Å². The van der Waals surface area contributed by atoms with Gasteiger partial charge in [0.05, 0.1) is 22.9 Å². The minimum atomic E-state index is 0.693. The van der Waals surface area contributed by atoms with Gasteiger partial charge in [-0.2, -0.15) is 10.2 Å². The van der Waals surface area contributed by atoms with Gasteiger partial charge in [-0.05, 0) is 35.9 Å². The molecule has 0 aliphatic heterocycles. The molecule has 29 heavy (non-hydrogen) atoms. The average Bonchev–Trinajstić information content (AvgIpc) is 3.52. The summed E-state index contributed by atoms with van der Waals surface area (Å²) in [6.45, 7) is 0.